The molecule has 334 valence electrons. The summed E-state index contributed by atoms with van der Waals surface area (Å²) in [6, 6.07) is 7.18. The van der Waals surface area contributed by atoms with Crippen LogP contribution in [0, 0.1) is 23.2 Å². The monoisotopic (exact) mass is 856 g/mol. The molecule has 2 unspecified atom stereocenters. The number of carbonyl (C=O) groups excluding carboxylic acids is 3. The molecule has 1 aromatic carbocycles. The molecule has 0 bridgehead atoms. The molecule has 0 radical (unpaired) electrons. The van der Waals surface area contributed by atoms with E-state index in [0.717, 1.165) is 32.5 Å². The Hall–Kier alpha value is -5.42. The number of alkyl carbamates (subject to hydrolysis) is 1. The number of hydrogen-bond donors (Lipinski definition) is 4. The molecule has 4 N–H and O–H groups in total. The zero-order valence-electron chi connectivity index (χ0n) is 36.3. The SMILES string of the molecule is C=C[C@@H]1C[C@]1(NC(=O)[C@@H]1C[C@@H](Oc2cc(-n3ccc(NC(C)C)n3)nc3cc(OCCN4CCOCC4)ccc23)CN1C(=O)C(NC(=O)OC1C[C@@H]2C[C@@H]2C1)C(C)(C)C)C(=O)O. The summed E-state index contributed by atoms with van der Waals surface area (Å²) < 4.78 is 25.9. The van der Waals surface area contributed by atoms with Crippen molar-refractivity contribution >= 4 is 40.6 Å². The van der Waals surface area contributed by atoms with Gasteiger partial charge in [0.2, 0.25) is 11.8 Å². The summed E-state index contributed by atoms with van der Waals surface area (Å²) in [6.07, 6.45) is 4.77. The molecule has 4 heterocycles. The highest BCUT2D eigenvalue weighted by Crippen LogP contribution is 2.52. The predicted molar refractivity (Wildman–Crippen MR) is 229 cm³/mol. The minimum absolute atomic E-state index is 0.0245. The molecule has 2 saturated heterocycles. The highest BCUT2D eigenvalue weighted by Gasteiger charge is 2.61. The lowest BCUT2D eigenvalue weighted by molar-refractivity contribution is -0.146. The minimum Gasteiger partial charge on any atom is -0.492 e. The highest BCUT2D eigenvalue weighted by molar-refractivity contribution is 5.96. The molecule has 8 atom stereocenters. The Morgan fingerprint density at radius 3 is 2.48 bits per heavy atom. The minimum atomic E-state index is -1.52. The third-order valence-electron chi connectivity index (χ3n) is 12.8. The molecule has 0 spiro atoms. The molecule has 3 aliphatic carbocycles. The number of nitrogens with zero attached hydrogens (tertiary/aromatic N) is 5. The van der Waals surface area contributed by atoms with Gasteiger partial charge in [-0.1, -0.05) is 26.8 Å². The quantitative estimate of drug-likeness (QED) is 0.148. The number of carboxylic acids is 1. The van der Waals surface area contributed by atoms with Crippen LogP contribution in [0.4, 0.5) is 10.6 Å². The van der Waals surface area contributed by atoms with E-state index in [1.165, 1.54) is 17.4 Å². The fourth-order valence-electron chi connectivity index (χ4n) is 9.16. The lowest BCUT2D eigenvalue weighted by Crippen LogP contribution is -2.59. The lowest BCUT2D eigenvalue weighted by Gasteiger charge is -2.35. The van der Waals surface area contributed by atoms with Crippen LogP contribution in [0.3, 0.4) is 0 Å². The number of aliphatic carboxylic acids is 1. The van der Waals surface area contributed by atoms with Crippen molar-refractivity contribution in [3.05, 3.63) is 49.2 Å². The molecule has 2 aromatic heterocycles. The van der Waals surface area contributed by atoms with Crippen molar-refractivity contribution in [3.8, 4) is 17.3 Å². The van der Waals surface area contributed by atoms with Gasteiger partial charge in [-0.05, 0) is 68.9 Å². The Bertz CT molecular complexity index is 2170. The second-order valence-electron chi connectivity index (χ2n) is 18.9. The highest BCUT2D eigenvalue weighted by atomic mass is 16.6. The number of aromatic nitrogens is 3. The average molecular weight is 857 g/mol. The van der Waals surface area contributed by atoms with E-state index in [0.29, 0.717) is 65.7 Å². The maximum Gasteiger partial charge on any atom is 0.408 e. The molecule has 3 saturated carbocycles. The number of morpholine rings is 1. The van der Waals surface area contributed by atoms with Crippen LogP contribution in [0.1, 0.15) is 66.7 Å². The Kier molecular flexibility index (Phi) is 12.1. The molecule has 3 amide bonds. The summed E-state index contributed by atoms with van der Waals surface area (Å²) in [7, 11) is 0. The summed E-state index contributed by atoms with van der Waals surface area (Å²) in [5.74, 6) is 0.645. The van der Waals surface area contributed by atoms with Crippen LogP contribution in [0.2, 0.25) is 0 Å². The van der Waals surface area contributed by atoms with E-state index in [-0.39, 0.29) is 31.5 Å². The first kappa shape index (κ1) is 43.2. The van der Waals surface area contributed by atoms with Gasteiger partial charge in [-0.2, -0.15) is 0 Å². The van der Waals surface area contributed by atoms with E-state index in [1.807, 2.05) is 58.9 Å². The maximum atomic E-state index is 14.8. The number of benzene rings is 1. The zero-order valence-corrected chi connectivity index (χ0v) is 36.3. The molecule has 3 aromatic rings. The Labute approximate surface area is 361 Å². The van der Waals surface area contributed by atoms with E-state index in [1.54, 1.807) is 16.9 Å². The number of carboxylic acid groups (broad SMARTS) is 1. The Morgan fingerprint density at radius 1 is 1.05 bits per heavy atom. The topological polar surface area (TPSA) is 199 Å². The standard InChI is InChI=1S/C45H60N8O9/c1-7-29-24-45(29,42(56)57)49-40(54)35-22-32(25-52(35)41(55)39(44(4,5)6)48-43(58)62-31-19-27-18-28(27)20-31)61-36-23-38(53-11-10-37(50-53)46-26(2)3)47-34-21-30(8-9-33(34)36)60-17-14-51-12-15-59-16-13-51/h7-11,21,23,26-29,31-32,35,39H,1,12-20,22,24-25H2,2-6H3,(H,46,50)(H,48,58)(H,49,54)(H,56,57)/t27-,28+,29-,31?,32-,35+,39?,45-/m1/s1. The van der Waals surface area contributed by atoms with Gasteiger partial charge in [0.15, 0.2) is 5.82 Å². The maximum absolute atomic E-state index is 14.8. The fourth-order valence-corrected chi connectivity index (χ4v) is 9.16. The number of nitrogens with one attached hydrogen (secondary N) is 3. The van der Waals surface area contributed by atoms with Crippen LogP contribution < -0.4 is 25.4 Å². The number of ether oxygens (including phenoxy) is 4. The number of hydrogen-bond acceptors (Lipinski definition) is 12. The van der Waals surface area contributed by atoms with Crippen molar-refractivity contribution in [2.45, 2.75) is 103 Å². The van der Waals surface area contributed by atoms with Crippen LogP contribution >= 0.6 is 0 Å². The van der Waals surface area contributed by atoms with Crippen LogP contribution in [-0.2, 0) is 23.9 Å². The van der Waals surface area contributed by atoms with Crippen LogP contribution in [0.15, 0.2) is 49.2 Å². The van der Waals surface area contributed by atoms with Crippen LogP contribution in [0.25, 0.3) is 16.7 Å². The van der Waals surface area contributed by atoms with Gasteiger partial charge in [-0.15, -0.1) is 11.7 Å². The number of pyridine rings is 1. The second kappa shape index (κ2) is 17.4. The van der Waals surface area contributed by atoms with E-state index in [9.17, 15) is 24.3 Å². The normalized spacial score (nSPS) is 27.3. The third-order valence-corrected chi connectivity index (χ3v) is 12.8. The van der Waals surface area contributed by atoms with Gasteiger partial charge in [0, 0.05) is 67.8 Å². The number of amides is 3. The molecule has 5 aliphatic rings. The van der Waals surface area contributed by atoms with E-state index >= 15 is 0 Å². The van der Waals surface area contributed by atoms with Gasteiger partial charge in [0.05, 0.1) is 25.3 Å². The van der Waals surface area contributed by atoms with Crippen LogP contribution in [-0.4, -0.2) is 135 Å². The summed E-state index contributed by atoms with van der Waals surface area (Å²) >= 11 is 0. The molecule has 8 rings (SSSR count). The van der Waals surface area contributed by atoms with Gasteiger partial charge in [0.1, 0.15) is 53.8 Å². The van der Waals surface area contributed by atoms with Crippen molar-refractivity contribution in [3.63, 3.8) is 0 Å². The van der Waals surface area contributed by atoms with Gasteiger partial charge in [-0.3, -0.25) is 14.5 Å². The first-order valence-corrected chi connectivity index (χ1v) is 21.9. The summed E-state index contributed by atoms with van der Waals surface area (Å²) in [5, 5.41) is 24.4. The molecule has 5 fully saturated rings. The molecule has 2 aliphatic heterocycles. The first-order chi connectivity index (χ1) is 29.6. The summed E-state index contributed by atoms with van der Waals surface area (Å²) in [4.78, 5) is 63.5. The molecular formula is C45H60N8O9. The average Bonchev–Trinajstić information content (AvgIpc) is 3.89. The van der Waals surface area contributed by atoms with Gasteiger partial charge < -0.3 is 44.9 Å². The fraction of sp³-hybridized carbons (Fsp3) is 0.600. The number of anilines is 1. The number of fused-ring (bicyclic) bond motifs is 2. The van der Waals surface area contributed by atoms with Gasteiger partial charge in [-0.25, -0.2) is 19.3 Å². The molecular weight excluding hydrogens is 797 g/mol. The van der Waals surface area contributed by atoms with Crippen molar-refractivity contribution in [1.29, 1.82) is 0 Å². The number of rotatable bonds is 16. The Balaban J connectivity index is 1.07. The molecule has 17 nitrogen and oxygen atoms in total. The van der Waals surface area contributed by atoms with E-state index < -0.39 is 58.9 Å². The molecule has 17 heteroatoms. The third kappa shape index (κ3) is 9.48. The van der Waals surface area contributed by atoms with E-state index in [2.05, 4.69) is 27.4 Å². The lowest BCUT2D eigenvalue weighted by atomic mass is 9.85. The Morgan fingerprint density at radius 2 is 1.81 bits per heavy atom. The summed E-state index contributed by atoms with van der Waals surface area (Å²) in [5.41, 5.74) is -1.73. The summed E-state index contributed by atoms with van der Waals surface area (Å²) in [6.45, 7) is 17.6. The van der Waals surface area contributed by atoms with Gasteiger partial charge >= 0.3 is 12.1 Å². The largest absolute Gasteiger partial charge is 0.492 e. The smallest absolute Gasteiger partial charge is 0.408 e. The zero-order chi connectivity index (χ0) is 43.9. The van der Waals surface area contributed by atoms with Crippen molar-refractivity contribution in [1.82, 2.24) is 35.2 Å². The number of carbonyl (C=O) groups is 4. The van der Waals surface area contributed by atoms with Crippen molar-refractivity contribution < 1.29 is 43.2 Å². The van der Waals surface area contributed by atoms with E-state index in [4.69, 9.17) is 29.0 Å². The number of likely N-dealkylation sites (tertiary alicyclic amines) is 1. The molecule has 62 heavy (non-hydrogen) atoms. The van der Waals surface area contributed by atoms with Crippen molar-refractivity contribution in [2.75, 3.05) is 51.3 Å². The predicted octanol–water partition coefficient (Wildman–Crippen LogP) is 4.39. The van der Waals surface area contributed by atoms with Gasteiger partial charge in [0.25, 0.3) is 0 Å². The van der Waals surface area contributed by atoms with Crippen LogP contribution in [0.5, 0.6) is 11.5 Å². The first-order valence-electron chi connectivity index (χ1n) is 21.9. The van der Waals surface area contributed by atoms with Crippen molar-refractivity contribution in [2.24, 2.45) is 23.2 Å². The second-order valence-corrected chi connectivity index (χ2v) is 18.9.